The number of nitrogens with one attached hydrogen (secondary N) is 1. The molecule has 1 fully saturated rings. The van der Waals surface area contributed by atoms with Crippen LogP contribution in [-0.2, 0) is 11.2 Å². The molecule has 1 atom stereocenters. The molecule has 0 saturated carbocycles. The number of amides is 1. The van der Waals surface area contributed by atoms with Gasteiger partial charge in [-0.25, -0.2) is 0 Å². The second-order valence-corrected chi connectivity index (χ2v) is 5.32. The number of pyridine rings is 1. The summed E-state index contributed by atoms with van der Waals surface area (Å²) >= 11 is 1.64. The summed E-state index contributed by atoms with van der Waals surface area (Å²) < 4.78 is 0. The molecular weight excluding hydrogens is 232 g/mol. The van der Waals surface area contributed by atoms with Crippen LogP contribution in [0, 0.1) is 0 Å². The Morgan fingerprint density at radius 1 is 1.53 bits per heavy atom. The van der Waals surface area contributed by atoms with Crippen LogP contribution in [0.5, 0.6) is 0 Å². The van der Waals surface area contributed by atoms with Gasteiger partial charge in [-0.3, -0.25) is 9.78 Å². The van der Waals surface area contributed by atoms with Crippen molar-refractivity contribution >= 4 is 23.7 Å². The number of fused-ring (bicyclic) bond motifs is 1. The number of carbonyl (C=O) groups is 1. The summed E-state index contributed by atoms with van der Waals surface area (Å²) in [5, 5.41) is 2.73. The Kier molecular flexibility index (Phi) is 2.52. The maximum atomic E-state index is 11.9. The molecule has 1 aliphatic heterocycles. The molecule has 1 unspecified atom stereocenters. The van der Waals surface area contributed by atoms with Crippen LogP contribution < -0.4 is 5.32 Å². The highest BCUT2D eigenvalue weighted by atomic mass is 32.2. The van der Waals surface area contributed by atoms with E-state index in [0.29, 0.717) is 0 Å². The fraction of sp³-hybridized carbons (Fsp3) is 0.231. The van der Waals surface area contributed by atoms with Crippen LogP contribution in [-0.4, -0.2) is 21.9 Å². The van der Waals surface area contributed by atoms with Crippen LogP contribution in [0.25, 0.3) is 6.08 Å². The van der Waals surface area contributed by atoms with E-state index in [2.05, 4.69) is 22.9 Å². The molecule has 1 aromatic rings. The van der Waals surface area contributed by atoms with Crippen LogP contribution >= 0.6 is 11.8 Å². The number of hydrogen-bond donors (Lipinski definition) is 1. The van der Waals surface area contributed by atoms with Gasteiger partial charge in [-0.15, -0.1) is 11.8 Å². The standard InChI is InChI=1S/C13H12N2OS/c1-8-7-17-12(13(16)15-8)10-5-9-3-2-4-14-11(9)6-10/h2-4,6,12H,1,5,7H2,(H,15,16). The quantitative estimate of drug-likeness (QED) is 0.818. The van der Waals surface area contributed by atoms with Gasteiger partial charge in [0, 0.05) is 17.6 Å². The largest absolute Gasteiger partial charge is 0.328 e. The molecule has 1 aliphatic carbocycles. The third-order valence-electron chi connectivity index (χ3n) is 2.94. The average molecular weight is 244 g/mol. The Bertz CT molecular complexity index is 536. The molecule has 2 heterocycles. The van der Waals surface area contributed by atoms with Crippen molar-refractivity contribution in [2.24, 2.45) is 0 Å². The van der Waals surface area contributed by atoms with Gasteiger partial charge in [-0.1, -0.05) is 12.6 Å². The second-order valence-electron chi connectivity index (χ2n) is 4.23. The summed E-state index contributed by atoms with van der Waals surface area (Å²) in [6.07, 6.45) is 4.66. The SMILES string of the molecule is C=C1CSC(C2=Cc3ncccc3C2)C(=O)N1. The summed E-state index contributed by atoms with van der Waals surface area (Å²) in [6, 6.07) is 4.00. The Morgan fingerprint density at radius 2 is 2.41 bits per heavy atom. The number of hydrogen-bond acceptors (Lipinski definition) is 3. The summed E-state index contributed by atoms with van der Waals surface area (Å²) in [5.41, 5.74) is 4.15. The first kappa shape index (κ1) is 10.6. The van der Waals surface area contributed by atoms with Gasteiger partial charge in [0.05, 0.1) is 5.69 Å². The number of nitrogens with zero attached hydrogens (tertiary/aromatic N) is 1. The van der Waals surface area contributed by atoms with Crippen molar-refractivity contribution in [2.45, 2.75) is 11.7 Å². The Hall–Kier alpha value is -1.55. The minimum Gasteiger partial charge on any atom is -0.328 e. The molecule has 1 N–H and O–H groups in total. The molecule has 0 bridgehead atoms. The lowest BCUT2D eigenvalue weighted by Crippen LogP contribution is -2.38. The van der Waals surface area contributed by atoms with Crippen molar-refractivity contribution in [3.8, 4) is 0 Å². The van der Waals surface area contributed by atoms with E-state index in [9.17, 15) is 4.79 Å². The first-order valence-electron chi connectivity index (χ1n) is 5.48. The van der Waals surface area contributed by atoms with Gasteiger partial charge in [0.15, 0.2) is 0 Å². The maximum Gasteiger partial charge on any atom is 0.241 e. The van der Waals surface area contributed by atoms with Crippen LogP contribution in [0.2, 0.25) is 0 Å². The topological polar surface area (TPSA) is 42.0 Å². The van der Waals surface area contributed by atoms with Crippen molar-refractivity contribution < 1.29 is 4.79 Å². The van der Waals surface area contributed by atoms with Crippen molar-refractivity contribution in [3.05, 3.63) is 47.4 Å². The van der Waals surface area contributed by atoms with Crippen molar-refractivity contribution in [3.63, 3.8) is 0 Å². The van der Waals surface area contributed by atoms with Crippen LogP contribution in [0.15, 0.2) is 36.2 Å². The van der Waals surface area contributed by atoms with Gasteiger partial charge in [0.1, 0.15) is 5.25 Å². The van der Waals surface area contributed by atoms with Gasteiger partial charge in [0.2, 0.25) is 5.91 Å². The number of thioether (sulfide) groups is 1. The van der Waals surface area contributed by atoms with Gasteiger partial charge >= 0.3 is 0 Å². The van der Waals surface area contributed by atoms with E-state index >= 15 is 0 Å². The number of aromatic nitrogens is 1. The van der Waals surface area contributed by atoms with E-state index in [0.717, 1.165) is 29.1 Å². The van der Waals surface area contributed by atoms with Gasteiger partial charge in [0.25, 0.3) is 0 Å². The lowest BCUT2D eigenvalue weighted by molar-refractivity contribution is -0.119. The van der Waals surface area contributed by atoms with E-state index in [4.69, 9.17) is 0 Å². The summed E-state index contributed by atoms with van der Waals surface area (Å²) in [7, 11) is 0. The molecular formula is C13H12N2OS. The lowest BCUT2D eigenvalue weighted by Gasteiger charge is -2.23. The number of carbonyl (C=O) groups excluding carboxylic acids is 1. The molecule has 2 aliphatic rings. The van der Waals surface area contributed by atoms with Crippen LogP contribution in [0.4, 0.5) is 0 Å². The van der Waals surface area contributed by atoms with E-state index in [1.54, 1.807) is 18.0 Å². The smallest absolute Gasteiger partial charge is 0.241 e. The Morgan fingerprint density at radius 3 is 3.18 bits per heavy atom. The summed E-state index contributed by atoms with van der Waals surface area (Å²) in [5.74, 6) is 0.836. The molecule has 1 amide bonds. The predicted octanol–water partition coefficient (Wildman–Crippen LogP) is 1.77. The van der Waals surface area contributed by atoms with E-state index in [-0.39, 0.29) is 11.2 Å². The van der Waals surface area contributed by atoms with E-state index < -0.39 is 0 Å². The molecule has 0 aromatic carbocycles. The third-order valence-corrected chi connectivity index (χ3v) is 4.31. The zero-order valence-electron chi connectivity index (χ0n) is 9.27. The van der Waals surface area contributed by atoms with Crippen LogP contribution in [0.3, 0.4) is 0 Å². The monoisotopic (exact) mass is 244 g/mol. The molecule has 1 saturated heterocycles. The predicted molar refractivity (Wildman–Crippen MR) is 69.4 cm³/mol. The zero-order valence-corrected chi connectivity index (χ0v) is 10.1. The maximum absolute atomic E-state index is 11.9. The Balaban J connectivity index is 1.84. The lowest BCUT2D eigenvalue weighted by atomic mass is 10.1. The summed E-state index contributed by atoms with van der Waals surface area (Å²) in [4.78, 5) is 16.2. The minimum absolute atomic E-state index is 0.0466. The third kappa shape index (κ3) is 1.89. The molecule has 17 heavy (non-hydrogen) atoms. The number of rotatable bonds is 1. The highest BCUT2D eigenvalue weighted by Gasteiger charge is 2.30. The molecule has 86 valence electrons. The first-order chi connectivity index (χ1) is 8.24. The average Bonchev–Trinajstić information content (AvgIpc) is 2.72. The van der Waals surface area contributed by atoms with Crippen LogP contribution in [0.1, 0.15) is 11.3 Å². The Labute approximate surface area is 104 Å². The summed E-state index contributed by atoms with van der Waals surface area (Å²) in [6.45, 7) is 3.78. The van der Waals surface area contributed by atoms with Gasteiger partial charge < -0.3 is 5.32 Å². The van der Waals surface area contributed by atoms with E-state index in [1.165, 1.54) is 5.56 Å². The van der Waals surface area contributed by atoms with Crippen molar-refractivity contribution in [2.75, 3.05) is 5.75 Å². The van der Waals surface area contributed by atoms with Gasteiger partial charge in [-0.2, -0.15) is 0 Å². The second kappa shape index (κ2) is 4.04. The minimum atomic E-state index is -0.0882. The molecule has 3 rings (SSSR count). The molecule has 1 aromatic heterocycles. The van der Waals surface area contributed by atoms with Crippen molar-refractivity contribution in [1.82, 2.24) is 10.3 Å². The molecule has 3 nitrogen and oxygen atoms in total. The zero-order chi connectivity index (χ0) is 11.8. The fourth-order valence-corrected chi connectivity index (χ4v) is 3.17. The molecule has 4 heteroatoms. The van der Waals surface area contributed by atoms with E-state index in [1.807, 2.05) is 12.1 Å². The first-order valence-corrected chi connectivity index (χ1v) is 6.53. The fourth-order valence-electron chi connectivity index (χ4n) is 2.16. The highest BCUT2D eigenvalue weighted by molar-refractivity contribution is 8.01. The van der Waals surface area contributed by atoms with Crippen molar-refractivity contribution in [1.29, 1.82) is 0 Å². The molecule has 0 radical (unpaired) electrons. The molecule has 0 spiro atoms. The normalized spacial score (nSPS) is 23.1. The highest BCUT2D eigenvalue weighted by Crippen LogP contribution is 2.33. The van der Waals surface area contributed by atoms with Gasteiger partial charge in [-0.05, 0) is 29.7 Å².